The number of aromatic nitrogens is 6. The number of methoxy groups -OCH3 is 1. The van der Waals surface area contributed by atoms with E-state index in [1.807, 2.05) is 6.92 Å². The molecule has 1 aliphatic rings. The van der Waals surface area contributed by atoms with Gasteiger partial charge < -0.3 is 19.3 Å². The van der Waals surface area contributed by atoms with Crippen LogP contribution in [-0.4, -0.2) is 74.9 Å². The summed E-state index contributed by atoms with van der Waals surface area (Å²) in [5.74, 6) is 1.11. The highest BCUT2D eigenvalue weighted by Crippen LogP contribution is 2.36. The van der Waals surface area contributed by atoms with E-state index in [0.29, 0.717) is 17.3 Å². The number of pyridine rings is 1. The molecule has 0 radical (unpaired) electrons. The maximum atomic E-state index is 13.5. The van der Waals surface area contributed by atoms with Gasteiger partial charge in [-0.2, -0.15) is 0 Å². The first kappa shape index (κ1) is 25.7. The van der Waals surface area contributed by atoms with Crippen molar-refractivity contribution in [3.63, 3.8) is 0 Å². The Labute approximate surface area is 208 Å². The molecule has 0 saturated carbocycles. The molecule has 0 aliphatic carbocycles. The number of aryl methyl sites for hydroxylation is 1. The van der Waals surface area contributed by atoms with Gasteiger partial charge in [-0.25, -0.2) is 23.4 Å². The van der Waals surface area contributed by atoms with Crippen LogP contribution in [0.3, 0.4) is 0 Å². The molecule has 194 valence electrons. The second kappa shape index (κ2) is 10.3. The highest BCUT2D eigenvalue weighted by atomic mass is 32.2. The van der Waals surface area contributed by atoms with E-state index in [1.54, 1.807) is 38.4 Å². The summed E-state index contributed by atoms with van der Waals surface area (Å²) in [5, 5.41) is 17.2. The average molecular weight is 520 g/mol. The average Bonchev–Trinajstić information content (AvgIpc) is 3.17. The van der Waals surface area contributed by atoms with Gasteiger partial charge in [0.2, 0.25) is 21.9 Å². The van der Waals surface area contributed by atoms with E-state index >= 15 is 0 Å². The standard InChI is InChI=1S/C22H29N7O6S/c1-12(2)35-19(20-23-8-13(3)9-24-20)14(4)36(31,32)28-22-27-26-21-18-16(6-7-17(25-18)33-5)34-11-15(10-30)29(21)22/h6-9,12,14-15,19,30H,10-11H2,1-5H3,(H,27,28)/t14?,15-,19?/m1/s1. The third-order valence-electron chi connectivity index (χ3n) is 5.58. The maximum Gasteiger partial charge on any atom is 0.240 e. The van der Waals surface area contributed by atoms with E-state index in [2.05, 4.69) is 29.9 Å². The highest BCUT2D eigenvalue weighted by Gasteiger charge is 2.37. The molecule has 3 aromatic rings. The van der Waals surface area contributed by atoms with Crippen LogP contribution in [0.5, 0.6) is 11.6 Å². The van der Waals surface area contributed by atoms with Crippen LogP contribution in [0.1, 0.15) is 44.3 Å². The van der Waals surface area contributed by atoms with E-state index in [1.165, 1.54) is 18.6 Å². The number of hydrogen-bond acceptors (Lipinski definition) is 11. The van der Waals surface area contributed by atoms with Crippen molar-refractivity contribution in [2.24, 2.45) is 0 Å². The highest BCUT2D eigenvalue weighted by molar-refractivity contribution is 7.93. The zero-order valence-electron chi connectivity index (χ0n) is 20.6. The molecule has 3 atom stereocenters. The molecule has 0 aromatic carbocycles. The zero-order chi connectivity index (χ0) is 26.0. The molecule has 2 unspecified atom stereocenters. The molecule has 3 aromatic heterocycles. The topological polar surface area (TPSA) is 163 Å². The first-order valence-electron chi connectivity index (χ1n) is 11.3. The third-order valence-corrected chi connectivity index (χ3v) is 7.27. The van der Waals surface area contributed by atoms with Crippen molar-refractivity contribution < 1.29 is 27.7 Å². The van der Waals surface area contributed by atoms with Gasteiger partial charge in [-0.15, -0.1) is 10.2 Å². The fraction of sp³-hybridized carbons (Fsp3) is 0.500. The Hall–Kier alpha value is -3.36. The fourth-order valence-electron chi connectivity index (χ4n) is 3.69. The largest absolute Gasteiger partial charge is 0.489 e. The molecule has 4 rings (SSSR count). The van der Waals surface area contributed by atoms with Crippen LogP contribution >= 0.6 is 0 Å². The lowest BCUT2D eigenvalue weighted by atomic mass is 10.2. The number of fused-ring (bicyclic) bond motifs is 3. The van der Waals surface area contributed by atoms with Gasteiger partial charge in [0.05, 0.1) is 25.9 Å². The van der Waals surface area contributed by atoms with Crippen molar-refractivity contribution in [1.82, 2.24) is 29.7 Å². The van der Waals surface area contributed by atoms with Crippen molar-refractivity contribution >= 4 is 16.0 Å². The number of nitrogens with one attached hydrogen (secondary N) is 1. The van der Waals surface area contributed by atoms with Crippen molar-refractivity contribution in [3.8, 4) is 23.1 Å². The van der Waals surface area contributed by atoms with Gasteiger partial charge in [0.1, 0.15) is 23.7 Å². The van der Waals surface area contributed by atoms with Crippen LogP contribution in [0.25, 0.3) is 11.5 Å². The van der Waals surface area contributed by atoms with E-state index < -0.39 is 27.4 Å². The number of anilines is 1. The summed E-state index contributed by atoms with van der Waals surface area (Å²) < 4.78 is 47.9. The van der Waals surface area contributed by atoms with Crippen LogP contribution in [0.2, 0.25) is 0 Å². The maximum absolute atomic E-state index is 13.5. The van der Waals surface area contributed by atoms with Crippen LogP contribution in [0.4, 0.5) is 5.95 Å². The number of sulfonamides is 1. The fourth-order valence-corrected chi connectivity index (χ4v) is 4.78. The van der Waals surface area contributed by atoms with Crippen LogP contribution < -0.4 is 14.2 Å². The molecule has 2 N–H and O–H groups in total. The quantitative estimate of drug-likeness (QED) is 0.422. The summed E-state index contributed by atoms with van der Waals surface area (Å²) >= 11 is 0. The SMILES string of the molecule is COc1ccc2c(n1)-c1nnc(NS(=O)(=O)C(C)C(OC(C)C)c3ncc(C)cn3)n1[C@H](CO)CO2. The Morgan fingerprint density at radius 3 is 2.58 bits per heavy atom. The number of nitrogens with zero attached hydrogens (tertiary/aromatic N) is 6. The second-order valence-corrected chi connectivity index (χ2v) is 10.7. The third kappa shape index (κ3) is 5.10. The van der Waals surface area contributed by atoms with Gasteiger partial charge in [-0.3, -0.25) is 9.29 Å². The number of aliphatic hydroxyl groups excluding tert-OH is 1. The van der Waals surface area contributed by atoms with Gasteiger partial charge in [0.25, 0.3) is 0 Å². The lowest BCUT2D eigenvalue weighted by Gasteiger charge is -2.26. The molecule has 0 spiro atoms. The first-order chi connectivity index (χ1) is 17.1. The second-order valence-electron chi connectivity index (χ2n) is 8.64. The minimum absolute atomic E-state index is 0.0448. The van der Waals surface area contributed by atoms with E-state index in [-0.39, 0.29) is 36.9 Å². The van der Waals surface area contributed by atoms with Crippen LogP contribution in [0.15, 0.2) is 24.5 Å². The Balaban J connectivity index is 1.71. The lowest BCUT2D eigenvalue weighted by Crippen LogP contribution is -2.35. The number of hydrogen-bond donors (Lipinski definition) is 2. The number of rotatable bonds is 9. The van der Waals surface area contributed by atoms with Crippen LogP contribution in [-0.2, 0) is 14.8 Å². The Morgan fingerprint density at radius 1 is 1.22 bits per heavy atom. The summed E-state index contributed by atoms with van der Waals surface area (Å²) in [5.41, 5.74) is 1.15. The molecule has 0 saturated heterocycles. The Bertz CT molecular complexity index is 1310. The molecule has 1 aliphatic heterocycles. The summed E-state index contributed by atoms with van der Waals surface area (Å²) in [6, 6.07) is 2.62. The van der Waals surface area contributed by atoms with Crippen molar-refractivity contribution in [3.05, 3.63) is 35.9 Å². The molecule has 4 heterocycles. The van der Waals surface area contributed by atoms with Gasteiger partial charge in [-0.05, 0) is 39.3 Å². The minimum Gasteiger partial charge on any atom is -0.489 e. The number of aliphatic hydroxyl groups is 1. The first-order valence-corrected chi connectivity index (χ1v) is 12.9. The molecule has 0 bridgehead atoms. The van der Waals surface area contributed by atoms with E-state index in [4.69, 9.17) is 14.2 Å². The molecular formula is C22H29N7O6S. The van der Waals surface area contributed by atoms with Crippen LogP contribution in [0, 0.1) is 6.92 Å². The van der Waals surface area contributed by atoms with Gasteiger partial charge in [0.15, 0.2) is 17.3 Å². The molecular weight excluding hydrogens is 490 g/mol. The van der Waals surface area contributed by atoms with Gasteiger partial charge in [-0.1, -0.05) is 0 Å². The Morgan fingerprint density at radius 2 is 1.94 bits per heavy atom. The minimum atomic E-state index is -4.10. The molecule has 0 amide bonds. The predicted molar refractivity (Wildman–Crippen MR) is 129 cm³/mol. The summed E-state index contributed by atoms with van der Waals surface area (Å²) in [7, 11) is -2.63. The molecule has 14 heteroatoms. The smallest absolute Gasteiger partial charge is 0.240 e. The van der Waals surface area contributed by atoms with E-state index in [9.17, 15) is 13.5 Å². The number of ether oxygens (including phenoxy) is 3. The molecule has 36 heavy (non-hydrogen) atoms. The molecule has 13 nitrogen and oxygen atoms in total. The van der Waals surface area contributed by atoms with Gasteiger partial charge >= 0.3 is 0 Å². The lowest BCUT2D eigenvalue weighted by molar-refractivity contribution is 0.00152. The normalized spacial score (nSPS) is 16.9. The summed E-state index contributed by atoms with van der Waals surface area (Å²) in [6.07, 6.45) is 1.98. The zero-order valence-corrected chi connectivity index (χ0v) is 21.4. The monoisotopic (exact) mass is 519 g/mol. The van der Waals surface area contributed by atoms with Crippen molar-refractivity contribution in [2.45, 2.75) is 51.2 Å². The Kier molecular flexibility index (Phi) is 7.38. The summed E-state index contributed by atoms with van der Waals surface area (Å²) in [4.78, 5) is 13.0. The van der Waals surface area contributed by atoms with Gasteiger partial charge in [0, 0.05) is 18.5 Å². The summed E-state index contributed by atoms with van der Waals surface area (Å²) in [6.45, 7) is 6.64. The predicted octanol–water partition coefficient (Wildman–Crippen LogP) is 1.67. The van der Waals surface area contributed by atoms with E-state index in [0.717, 1.165) is 5.56 Å². The van der Waals surface area contributed by atoms with Crippen molar-refractivity contribution in [2.75, 3.05) is 25.0 Å². The van der Waals surface area contributed by atoms with Crippen molar-refractivity contribution in [1.29, 1.82) is 0 Å². The molecule has 0 fully saturated rings.